The first-order chi connectivity index (χ1) is 17.2. The highest BCUT2D eigenvalue weighted by Gasteiger charge is 2.35. The van der Waals surface area contributed by atoms with Crippen LogP contribution in [0.4, 0.5) is 5.69 Å². The van der Waals surface area contributed by atoms with Gasteiger partial charge in [-0.15, -0.1) is 0 Å². The molecule has 1 amide bonds. The molecule has 0 radical (unpaired) electrons. The lowest BCUT2D eigenvalue weighted by Gasteiger charge is -2.38. The number of nitrogens with zero attached hydrogens (tertiary/aromatic N) is 2. The third kappa shape index (κ3) is 5.43. The van der Waals surface area contributed by atoms with Gasteiger partial charge in [0.25, 0.3) is 0 Å². The van der Waals surface area contributed by atoms with Gasteiger partial charge in [-0.1, -0.05) is 91.5 Å². The van der Waals surface area contributed by atoms with Crippen LogP contribution in [-0.4, -0.2) is 23.8 Å². The number of hydrogen-bond acceptors (Lipinski definition) is 3. The van der Waals surface area contributed by atoms with Crippen molar-refractivity contribution in [1.29, 1.82) is 0 Å². The highest BCUT2D eigenvalue weighted by atomic mass is 35.5. The van der Waals surface area contributed by atoms with Crippen molar-refractivity contribution in [2.75, 3.05) is 4.90 Å². The van der Waals surface area contributed by atoms with Gasteiger partial charge in [0.1, 0.15) is 11.9 Å². The van der Waals surface area contributed by atoms with Crippen LogP contribution in [0.5, 0.6) is 0 Å². The van der Waals surface area contributed by atoms with Crippen LogP contribution in [0.3, 0.4) is 0 Å². The summed E-state index contributed by atoms with van der Waals surface area (Å²) in [6, 6.07) is 26.3. The van der Waals surface area contributed by atoms with E-state index in [0.29, 0.717) is 18.0 Å². The SMILES string of the molecule is O=C(NC1CCCCC1)C(CCc1ccccc1)N1C(c2ccccc2Cl)=NCc2ccccc21. The number of para-hydroxylation sites is 1. The molecule has 0 saturated heterocycles. The number of aliphatic imine (C=N–C) groups is 1. The largest absolute Gasteiger partial charge is 0.352 e. The number of aryl methyl sites for hydroxylation is 1. The van der Waals surface area contributed by atoms with Crippen molar-refractivity contribution in [3.63, 3.8) is 0 Å². The highest BCUT2D eigenvalue weighted by molar-refractivity contribution is 6.35. The zero-order chi connectivity index (χ0) is 24.0. The molecule has 1 atom stereocenters. The van der Waals surface area contributed by atoms with Gasteiger partial charge in [0.2, 0.25) is 5.91 Å². The first-order valence-electron chi connectivity index (χ1n) is 12.7. The Labute approximate surface area is 213 Å². The molecule has 1 unspecified atom stereocenters. The second-order valence-electron chi connectivity index (χ2n) is 9.50. The predicted molar refractivity (Wildman–Crippen MR) is 144 cm³/mol. The zero-order valence-corrected chi connectivity index (χ0v) is 20.8. The number of nitrogens with one attached hydrogen (secondary N) is 1. The van der Waals surface area contributed by atoms with E-state index < -0.39 is 6.04 Å². The molecule has 1 saturated carbocycles. The summed E-state index contributed by atoms with van der Waals surface area (Å²) in [5.41, 5.74) is 4.25. The molecular weight excluding hydrogens is 454 g/mol. The summed E-state index contributed by atoms with van der Waals surface area (Å²) in [5.74, 6) is 0.843. The minimum atomic E-state index is -0.395. The predicted octanol–water partition coefficient (Wildman–Crippen LogP) is 6.56. The average Bonchev–Trinajstić information content (AvgIpc) is 2.90. The fourth-order valence-corrected chi connectivity index (χ4v) is 5.49. The van der Waals surface area contributed by atoms with Crippen LogP contribution in [0.2, 0.25) is 5.02 Å². The second kappa shape index (κ2) is 11.1. The van der Waals surface area contributed by atoms with Crippen LogP contribution in [0.1, 0.15) is 55.2 Å². The summed E-state index contributed by atoms with van der Waals surface area (Å²) in [7, 11) is 0. The van der Waals surface area contributed by atoms with Crippen LogP contribution in [0.25, 0.3) is 0 Å². The van der Waals surface area contributed by atoms with Gasteiger partial charge in [0.05, 0.1) is 11.6 Å². The van der Waals surface area contributed by atoms with E-state index >= 15 is 0 Å². The minimum Gasteiger partial charge on any atom is -0.352 e. The third-order valence-corrected chi connectivity index (χ3v) is 7.44. The first-order valence-corrected chi connectivity index (χ1v) is 13.1. The van der Waals surface area contributed by atoms with Crippen molar-refractivity contribution < 1.29 is 4.79 Å². The molecule has 3 aromatic carbocycles. The van der Waals surface area contributed by atoms with Gasteiger partial charge < -0.3 is 10.2 Å². The summed E-state index contributed by atoms with van der Waals surface area (Å²) in [5, 5.41) is 4.05. The summed E-state index contributed by atoms with van der Waals surface area (Å²) >= 11 is 6.65. The Kier molecular flexibility index (Phi) is 7.48. The van der Waals surface area contributed by atoms with E-state index in [1.807, 2.05) is 42.5 Å². The number of halogens is 1. The molecule has 3 aromatic rings. The van der Waals surface area contributed by atoms with E-state index in [-0.39, 0.29) is 11.9 Å². The Morgan fingerprint density at radius 1 is 0.943 bits per heavy atom. The number of fused-ring (bicyclic) bond motifs is 1. The van der Waals surface area contributed by atoms with Crippen LogP contribution in [0, 0.1) is 0 Å². The molecule has 2 aliphatic rings. The van der Waals surface area contributed by atoms with Gasteiger partial charge in [0.15, 0.2) is 0 Å². The van der Waals surface area contributed by atoms with E-state index in [9.17, 15) is 4.79 Å². The smallest absolute Gasteiger partial charge is 0.243 e. The molecule has 0 aromatic heterocycles. The molecule has 1 aliphatic carbocycles. The molecule has 1 heterocycles. The lowest BCUT2D eigenvalue weighted by Crippen LogP contribution is -2.53. The summed E-state index contributed by atoms with van der Waals surface area (Å²) in [4.78, 5) is 21.1. The maximum atomic E-state index is 14.0. The number of benzene rings is 3. The van der Waals surface area contributed by atoms with Crippen LogP contribution < -0.4 is 10.2 Å². The zero-order valence-electron chi connectivity index (χ0n) is 20.0. The van der Waals surface area contributed by atoms with Crippen molar-refractivity contribution in [3.8, 4) is 0 Å². The van der Waals surface area contributed by atoms with E-state index in [2.05, 4.69) is 46.6 Å². The Bertz CT molecular complexity index is 1190. The maximum absolute atomic E-state index is 14.0. The van der Waals surface area contributed by atoms with Gasteiger partial charge in [-0.3, -0.25) is 9.79 Å². The lowest BCUT2D eigenvalue weighted by atomic mass is 9.94. The van der Waals surface area contributed by atoms with Crippen molar-refractivity contribution >= 4 is 29.0 Å². The molecule has 5 heteroatoms. The van der Waals surface area contributed by atoms with Crippen LogP contribution >= 0.6 is 11.6 Å². The summed E-state index contributed by atoms with van der Waals surface area (Å²) in [6.45, 7) is 0.572. The molecule has 1 aliphatic heterocycles. The van der Waals surface area contributed by atoms with Gasteiger partial charge in [-0.05, 0) is 55.0 Å². The van der Waals surface area contributed by atoms with Gasteiger partial charge in [0, 0.05) is 17.3 Å². The minimum absolute atomic E-state index is 0.0734. The Morgan fingerprint density at radius 3 is 2.46 bits per heavy atom. The van der Waals surface area contributed by atoms with E-state index in [0.717, 1.165) is 41.9 Å². The van der Waals surface area contributed by atoms with Crippen molar-refractivity contribution in [2.45, 2.75) is 63.6 Å². The molecule has 5 rings (SSSR count). The van der Waals surface area contributed by atoms with E-state index in [1.54, 1.807) is 0 Å². The van der Waals surface area contributed by atoms with E-state index in [1.165, 1.54) is 24.8 Å². The number of carbonyl (C=O) groups is 1. The lowest BCUT2D eigenvalue weighted by molar-refractivity contribution is -0.123. The molecule has 4 nitrogen and oxygen atoms in total. The quantitative estimate of drug-likeness (QED) is 0.412. The second-order valence-corrected chi connectivity index (χ2v) is 9.91. The monoisotopic (exact) mass is 485 g/mol. The average molecular weight is 486 g/mol. The van der Waals surface area contributed by atoms with Gasteiger partial charge >= 0.3 is 0 Å². The van der Waals surface area contributed by atoms with Crippen LogP contribution in [0.15, 0.2) is 83.9 Å². The number of anilines is 1. The van der Waals surface area contributed by atoms with Crippen LogP contribution in [-0.2, 0) is 17.8 Å². The standard InChI is InChI=1S/C30H32ClN3O/c31-26-17-9-8-16-25(26)29-32-21-23-13-7-10-18-27(23)34(29)28(20-19-22-11-3-1-4-12-22)30(35)33-24-14-5-2-6-15-24/h1,3-4,7-13,16-18,24,28H,2,5-6,14-15,19-21H2,(H,33,35). The number of rotatable bonds is 7. The van der Waals surface area contributed by atoms with Gasteiger partial charge in [-0.25, -0.2) is 0 Å². The Morgan fingerprint density at radius 2 is 1.66 bits per heavy atom. The Hall–Kier alpha value is -3.11. The van der Waals surface area contributed by atoms with Gasteiger partial charge in [-0.2, -0.15) is 0 Å². The fraction of sp³-hybridized carbons (Fsp3) is 0.333. The summed E-state index contributed by atoms with van der Waals surface area (Å²) < 4.78 is 0. The number of carbonyl (C=O) groups excluding carboxylic acids is 1. The molecule has 0 bridgehead atoms. The number of hydrogen-bond donors (Lipinski definition) is 1. The topological polar surface area (TPSA) is 44.7 Å². The first kappa shape index (κ1) is 23.6. The molecule has 180 valence electrons. The Balaban J connectivity index is 1.53. The third-order valence-electron chi connectivity index (χ3n) is 7.11. The molecule has 1 fully saturated rings. The normalized spacial score (nSPS) is 16.8. The number of amides is 1. The molecular formula is C30H32ClN3O. The van der Waals surface area contributed by atoms with E-state index in [4.69, 9.17) is 16.6 Å². The molecule has 1 N–H and O–H groups in total. The van der Waals surface area contributed by atoms with Crippen molar-refractivity contribution in [1.82, 2.24) is 5.32 Å². The van der Waals surface area contributed by atoms with Crippen molar-refractivity contribution in [3.05, 3.63) is 101 Å². The highest BCUT2D eigenvalue weighted by Crippen LogP contribution is 2.33. The maximum Gasteiger partial charge on any atom is 0.243 e. The molecule has 0 spiro atoms. The number of amidine groups is 1. The molecule has 35 heavy (non-hydrogen) atoms. The summed E-state index contributed by atoms with van der Waals surface area (Å²) in [6.07, 6.45) is 7.21. The van der Waals surface area contributed by atoms with Crippen molar-refractivity contribution in [2.24, 2.45) is 4.99 Å². The fourth-order valence-electron chi connectivity index (χ4n) is 5.27.